The van der Waals surface area contributed by atoms with Crippen LogP contribution in [0.15, 0.2) is 24.3 Å². The number of hydrogen-bond acceptors (Lipinski definition) is 3. The van der Waals surface area contributed by atoms with E-state index in [2.05, 4.69) is 0 Å². The number of halogens is 3. The Morgan fingerprint density at radius 1 is 0.917 bits per heavy atom. The van der Waals surface area contributed by atoms with Crippen LogP contribution in [0.2, 0.25) is 6.04 Å². The lowest BCUT2D eigenvalue weighted by Gasteiger charge is -2.28. The minimum absolute atomic E-state index is 0.528. The Labute approximate surface area is 143 Å². The number of rotatable bonds is 11. The Morgan fingerprint density at radius 3 is 2.00 bits per heavy atom. The fourth-order valence-corrected chi connectivity index (χ4v) is 5.26. The molecule has 0 N–H and O–H groups in total. The molecule has 0 saturated carbocycles. The van der Waals surface area contributed by atoms with Gasteiger partial charge in [-0.05, 0) is 51.7 Å². The molecule has 0 atom stereocenters. The van der Waals surface area contributed by atoms with Crippen molar-refractivity contribution in [3.8, 4) is 0 Å². The quantitative estimate of drug-likeness (QED) is 0.405. The highest BCUT2D eigenvalue weighted by molar-refractivity contribution is 6.60. The van der Waals surface area contributed by atoms with Crippen molar-refractivity contribution in [1.29, 1.82) is 0 Å². The van der Waals surface area contributed by atoms with Crippen molar-refractivity contribution in [2.24, 2.45) is 0 Å². The molecule has 138 valence electrons. The molecular weight excluding hydrogens is 337 g/mol. The molecule has 0 bridgehead atoms. The van der Waals surface area contributed by atoms with Crippen LogP contribution < -0.4 is 0 Å². The summed E-state index contributed by atoms with van der Waals surface area (Å²) in [5.41, 5.74) is 0.1000. The maximum atomic E-state index is 12.7. The first kappa shape index (κ1) is 21.2. The molecule has 0 aromatic heterocycles. The first-order valence-corrected chi connectivity index (χ1v) is 10.4. The highest BCUT2D eigenvalue weighted by Gasteiger charge is 2.39. The fraction of sp³-hybridized carbons (Fsp3) is 0.647. The first-order valence-electron chi connectivity index (χ1n) is 8.45. The van der Waals surface area contributed by atoms with Crippen LogP contribution in [-0.4, -0.2) is 28.6 Å². The minimum Gasteiger partial charge on any atom is -0.374 e. The van der Waals surface area contributed by atoms with E-state index >= 15 is 0 Å². The molecule has 0 spiro atoms. The smallest absolute Gasteiger partial charge is 0.374 e. The molecule has 0 heterocycles. The molecule has 0 amide bonds. The van der Waals surface area contributed by atoms with Gasteiger partial charge in [-0.15, -0.1) is 0 Å². The summed E-state index contributed by atoms with van der Waals surface area (Å²) in [5.74, 6) is 0. The van der Waals surface area contributed by atoms with Crippen LogP contribution in [0, 0.1) is 0 Å². The van der Waals surface area contributed by atoms with E-state index in [1.165, 1.54) is 12.1 Å². The van der Waals surface area contributed by atoms with E-state index in [4.69, 9.17) is 13.3 Å². The Balaban J connectivity index is 2.56. The van der Waals surface area contributed by atoms with Gasteiger partial charge in [0.2, 0.25) is 0 Å². The van der Waals surface area contributed by atoms with Gasteiger partial charge in [0.15, 0.2) is 0 Å². The van der Waals surface area contributed by atoms with E-state index in [0.29, 0.717) is 37.8 Å². The van der Waals surface area contributed by atoms with Gasteiger partial charge >= 0.3 is 15.0 Å². The van der Waals surface area contributed by atoms with E-state index in [1.54, 1.807) is 6.07 Å². The molecule has 0 saturated heterocycles. The van der Waals surface area contributed by atoms with E-state index in [0.717, 1.165) is 18.9 Å². The van der Waals surface area contributed by atoms with Crippen molar-refractivity contribution in [3.63, 3.8) is 0 Å². The molecule has 1 rings (SSSR count). The third-order valence-electron chi connectivity index (χ3n) is 3.55. The number of hydrogen-bond donors (Lipinski definition) is 0. The Bertz CT molecular complexity index is 463. The zero-order valence-corrected chi connectivity index (χ0v) is 15.6. The van der Waals surface area contributed by atoms with E-state index < -0.39 is 20.5 Å². The highest BCUT2D eigenvalue weighted by Crippen LogP contribution is 2.30. The number of aryl methyl sites for hydroxylation is 1. The van der Waals surface area contributed by atoms with Crippen LogP contribution in [0.25, 0.3) is 0 Å². The Morgan fingerprint density at radius 2 is 1.50 bits per heavy atom. The lowest BCUT2D eigenvalue weighted by molar-refractivity contribution is -0.137. The third kappa shape index (κ3) is 6.92. The zero-order valence-electron chi connectivity index (χ0n) is 14.6. The van der Waals surface area contributed by atoms with Crippen LogP contribution in [0.4, 0.5) is 13.2 Å². The van der Waals surface area contributed by atoms with E-state index in [1.807, 2.05) is 20.8 Å². The van der Waals surface area contributed by atoms with Crippen LogP contribution in [0.3, 0.4) is 0 Å². The van der Waals surface area contributed by atoms with Gasteiger partial charge in [0.1, 0.15) is 0 Å². The maximum Gasteiger partial charge on any atom is 0.500 e. The van der Waals surface area contributed by atoms with Crippen molar-refractivity contribution in [1.82, 2.24) is 0 Å². The van der Waals surface area contributed by atoms with Gasteiger partial charge < -0.3 is 13.3 Å². The van der Waals surface area contributed by atoms with Gasteiger partial charge in [-0.3, -0.25) is 0 Å². The molecule has 0 aliphatic carbocycles. The molecule has 0 unspecified atom stereocenters. The van der Waals surface area contributed by atoms with Gasteiger partial charge in [0.05, 0.1) is 5.56 Å². The molecule has 0 aliphatic rings. The molecular formula is C17H27F3O3Si. The standard InChI is InChI=1S/C17H27F3O3Si/c1-4-21-24(22-5-2,23-6-3)13-8-7-10-15-11-9-12-16(14-15)17(18,19)20/h9,11-12,14H,4-8,10,13H2,1-3H3. The predicted octanol–water partition coefficient (Wildman–Crippen LogP) is 5.08. The second kappa shape index (κ2) is 10.2. The van der Waals surface area contributed by atoms with E-state index in [-0.39, 0.29) is 0 Å². The second-order valence-electron chi connectivity index (χ2n) is 5.39. The van der Waals surface area contributed by atoms with E-state index in [9.17, 15) is 13.2 Å². The average Bonchev–Trinajstić information content (AvgIpc) is 2.52. The van der Waals surface area contributed by atoms with Gasteiger partial charge in [0, 0.05) is 25.9 Å². The monoisotopic (exact) mass is 364 g/mol. The molecule has 0 fully saturated rings. The number of unbranched alkanes of at least 4 members (excludes halogenated alkanes) is 1. The summed E-state index contributed by atoms with van der Waals surface area (Å²) in [4.78, 5) is 0. The second-order valence-corrected chi connectivity index (χ2v) is 8.12. The number of benzene rings is 1. The maximum absolute atomic E-state index is 12.7. The SMILES string of the molecule is CCO[Si](CCCCc1cccc(C(F)(F)F)c1)(OCC)OCC. The molecule has 24 heavy (non-hydrogen) atoms. The molecule has 0 aliphatic heterocycles. The summed E-state index contributed by atoms with van der Waals surface area (Å²) in [5, 5.41) is 0. The largest absolute Gasteiger partial charge is 0.500 e. The number of alkyl halides is 3. The lowest BCUT2D eigenvalue weighted by Crippen LogP contribution is -2.45. The summed E-state index contributed by atoms with van der Waals surface area (Å²) in [6.07, 6.45) is -2.14. The average molecular weight is 364 g/mol. The summed E-state index contributed by atoms with van der Waals surface area (Å²) in [7, 11) is -2.65. The van der Waals surface area contributed by atoms with Gasteiger partial charge in [-0.2, -0.15) is 13.2 Å². The van der Waals surface area contributed by atoms with Crippen molar-refractivity contribution in [3.05, 3.63) is 35.4 Å². The molecule has 1 aromatic carbocycles. The van der Waals surface area contributed by atoms with Gasteiger partial charge in [0.25, 0.3) is 0 Å². The summed E-state index contributed by atoms with van der Waals surface area (Å²) < 4.78 is 55.5. The normalized spacial score (nSPS) is 12.6. The highest BCUT2D eigenvalue weighted by atomic mass is 28.4. The summed E-state index contributed by atoms with van der Waals surface area (Å²) in [6.45, 7) is 7.30. The van der Waals surface area contributed by atoms with Crippen molar-refractivity contribution < 1.29 is 26.4 Å². The fourth-order valence-electron chi connectivity index (χ4n) is 2.58. The zero-order chi connectivity index (χ0) is 18.1. The molecule has 1 aromatic rings. The van der Waals surface area contributed by atoms with Crippen LogP contribution in [0.5, 0.6) is 0 Å². The van der Waals surface area contributed by atoms with Gasteiger partial charge in [-0.1, -0.05) is 18.2 Å². The van der Waals surface area contributed by atoms with Crippen molar-refractivity contribution in [2.45, 2.75) is 52.3 Å². The predicted molar refractivity (Wildman–Crippen MR) is 89.8 cm³/mol. The van der Waals surface area contributed by atoms with Gasteiger partial charge in [-0.25, -0.2) is 0 Å². The molecule has 3 nitrogen and oxygen atoms in total. The third-order valence-corrected chi connectivity index (χ3v) is 6.70. The summed E-state index contributed by atoms with van der Waals surface area (Å²) >= 11 is 0. The van der Waals surface area contributed by atoms with Crippen LogP contribution >= 0.6 is 0 Å². The Kier molecular flexibility index (Phi) is 8.97. The van der Waals surface area contributed by atoms with Crippen molar-refractivity contribution >= 4 is 8.80 Å². The minimum atomic E-state index is -4.29. The molecule has 7 heteroatoms. The topological polar surface area (TPSA) is 27.7 Å². The Hall–Kier alpha value is -0.893. The van der Waals surface area contributed by atoms with Crippen molar-refractivity contribution in [2.75, 3.05) is 19.8 Å². The molecule has 0 radical (unpaired) electrons. The van der Waals surface area contributed by atoms with Crippen LogP contribution in [0.1, 0.15) is 44.7 Å². The lowest BCUT2D eigenvalue weighted by atomic mass is 10.1. The summed E-state index contributed by atoms with van der Waals surface area (Å²) in [6, 6.07) is 6.19. The first-order chi connectivity index (χ1) is 11.4. The van der Waals surface area contributed by atoms with Crippen LogP contribution in [-0.2, 0) is 25.9 Å².